The number of hydrogen-bond acceptors (Lipinski definition) is 4. The standard InChI is InChI=1S/C10H8N4O2/c15-10(16)8-6-9(14-12-8)13-11-7-4-2-1-3-5-7/h1-6H,(H,12,14)(H,15,16). The van der Waals surface area contributed by atoms with Gasteiger partial charge in [0.25, 0.3) is 0 Å². The van der Waals surface area contributed by atoms with E-state index in [2.05, 4.69) is 20.4 Å². The number of carbonyl (C=O) groups is 1. The third-order valence-electron chi connectivity index (χ3n) is 1.82. The number of hydrogen-bond donors (Lipinski definition) is 2. The smallest absolute Gasteiger partial charge is 0.353 e. The van der Waals surface area contributed by atoms with E-state index >= 15 is 0 Å². The molecule has 1 heterocycles. The fraction of sp³-hybridized carbons (Fsp3) is 0. The summed E-state index contributed by atoms with van der Waals surface area (Å²) in [5.74, 6) is -0.838. The summed E-state index contributed by atoms with van der Waals surface area (Å²) in [4.78, 5) is 10.5. The molecule has 2 N–H and O–H groups in total. The molecule has 80 valence electrons. The summed E-state index contributed by atoms with van der Waals surface area (Å²) in [5, 5.41) is 22.4. The highest BCUT2D eigenvalue weighted by atomic mass is 16.4. The fourth-order valence-corrected chi connectivity index (χ4v) is 1.08. The molecule has 0 atom stereocenters. The van der Waals surface area contributed by atoms with E-state index in [0.717, 1.165) is 0 Å². The lowest BCUT2D eigenvalue weighted by atomic mass is 10.3. The first-order chi connectivity index (χ1) is 7.75. The third kappa shape index (κ3) is 2.30. The molecule has 0 unspecified atom stereocenters. The van der Waals surface area contributed by atoms with Gasteiger partial charge < -0.3 is 5.11 Å². The van der Waals surface area contributed by atoms with Crippen molar-refractivity contribution in [1.29, 1.82) is 0 Å². The van der Waals surface area contributed by atoms with Gasteiger partial charge in [0.15, 0.2) is 5.82 Å². The number of carboxylic acids is 1. The molecule has 0 aliphatic carbocycles. The Kier molecular flexibility index (Phi) is 2.73. The van der Waals surface area contributed by atoms with Crippen LogP contribution in [-0.2, 0) is 0 Å². The molecule has 1 aromatic carbocycles. The van der Waals surface area contributed by atoms with Gasteiger partial charge in [-0.15, -0.1) is 10.2 Å². The van der Waals surface area contributed by atoms with Crippen LogP contribution in [0.15, 0.2) is 46.6 Å². The molecule has 0 aliphatic rings. The van der Waals surface area contributed by atoms with E-state index in [1.165, 1.54) is 6.07 Å². The minimum absolute atomic E-state index is 0.0120. The van der Waals surface area contributed by atoms with Gasteiger partial charge in [0.05, 0.1) is 5.69 Å². The predicted molar refractivity (Wildman–Crippen MR) is 56.2 cm³/mol. The van der Waals surface area contributed by atoms with E-state index in [4.69, 9.17) is 5.11 Å². The van der Waals surface area contributed by atoms with Crippen molar-refractivity contribution in [2.24, 2.45) is 10.2 Å². The summed E-state index contributed by atoms with van der Waals surface area (Å²) in [5.41, 5.74) is 0.671. The molecule has 2 aromatic rings. The van der Waals surface area contributed by atoms with Crippen molar-refractivity contribution >= 4 is 17.5 Å². The number of aromatic carboxylic acids is 1. The molecule has 0 aliphatic heterocycles. The molecule has 0 saturated carbocycles. The minimum atomic E-state index is -1.08. The van der Waals surface area contributed by atoms with Gasteiger partial charge in [-0.2, -0.15) is 5.10 Å². The molecule has 1 aromatic heterocycles. The van der Waals surface area contributed by atoms with Crippen LogP contribution in [0.3, 0.4) is 0 Å². The van der Waals surface area contributed by atoms with Crippen molar-refractivity contribution in [3.05, 3.63) is 42.1 Å². The SMILES string of the molecule is O=C(O)c1cc(N=Nc2ccccc2)n[nH]1. The van der Waals surface area contributed by atoms with Gasteiger partial charge in [-0.1, -0.05) is 18.2 Å². The second kappa shape index (κ2) is 4.35. The highest BCUT2D eigenvalue weighted by molar-refractivity contribution is 5.85. The molecule has 6 heteroatoms. The maximum Gasteiger partial charge on any atom is 0.353 e. The van der Waals surface area contributed by atoms with E-state index < -0.39 is 5.97 Å². The summed E-state index contributed by atoms with van der Waals surface area (Å²) >= 11 is 0. The number of benzene rings is 1. The zero-order chi connectivity index (χ0) is 11.4. The topological polar surface area (TPSA) is 90.7 Å². The summed E-state index contributed by atoms with van der Waals surface area (Å²) in [6.07, 6.45) is 0. The van der Waals surface area contributed by atoms with Crippen molar-refractivity contribution < 1.29 is 9.90 Å². The number of carboxylic acid groups (broad SMARTS) is 1. The van der Waals surface area contributed by atoms with Gasteiger partial charge >= 0.3 is 5.97 Å². The molecule has 0 spiro atoms. The predicted octanol–water partition coefficient (Wildman–Crippen LogP) is 2.52. The Morgan fingerprint density at radius 2 is 2.00 bits per heavy atom. The maximum atomic E-state index is 10.5. The van der Waals surface area contributed by atoms with Gasteiger partial charge in [-0.25, -0.2) is 4.79 Å². The number of azo groups is 1. The molecule has 0 bridgehead atoms. The van der Waals surface area contributed by atoms with Crippen molar-refractivity contribution in [2.75, 3.05) is 0 Å². The molecule has 6 nitrogen and oxygen atoms in total. The Balaban J connectivity index is 2.15. The molecular formula is C10H8N4O2. The van der Waals surface area contributed by atoms with Gasteiger partial charge in [0.1, 0.15) is 5.69 Å². The highest BCUT2D eigenvalue weighted by Gasteiger charge is 2.06. The summed E-state index contributed by atoms with van der Waals surface area (Å²) in [6.45, 7) is 0. The lowest BCUT2D eigenvalue weighted by Gasteiger charge is -1.87. The monoisotopic (exact) mass is 216 g/mol. The lowest BCUT2D eigenvalue weighted by Crippen LogP contribution is -1.95. The highest BCUT2D eigenvalue weighted by Crippen LogP contribution is 2.16. The van der Waals surface area contributed by atoms with Crippen molar-refractivity contribution in [3.8, 4) is 0 Å². The average Bonchev–Trinajstić information content (AvgIpc) is 2.76. The van der Waals surface area contributed by atoms with Gasteiger partial charge in [0.2, 0.25) is 0 Å². The van der Waals surface area contributed by atoms with Gasteiger partial charge in [0, 0.05) is 6.07 Å². The largest absolute Gasteiger partial charge is 0.477 e. The third-order valence-corrected chi connectivity index (χ3v) is 1.82. The zero-order valence-corrected chi connectivity index (χ0v) is 8.16. The number of H-pyrrole nitrogens is 1. The van der Waals surface area contributed by atoms with Crippen LogP contribution in [0.2, 0.25) is 0 Å². The van der Waals surface area contributed by atoms with Gasteiger partial charge in [-0.05, 0) is 12.1 Å². The molecule has 2 rings (SSSR count). The van der Waals surface area contributed by atoms with Crippen LogP contribution < -0.4 is 0 Å². The Morgan fingerprint density at radius 1 is 1.25 bits per heavy atom. The number of aromatic nitrogens is 2. The second-order valence-electron chi connectivity index (χ2n) is 2.98. The molecular weight excluding hydrogens is 208 g/mol. The molecule has 0 saturated heterocycles. The Bertz CT molecular complexity index is 519. The molecule has 0 amide bonds. The van der Waals surface area contributed by atoms with Crippen LogP contribution in [0, 0.1) is 0 Å². The average molecular weight is 216 g/mol. The maximum absolute atomic E-state index is 10.5. The lowest BCUT2D eigenvalue weighted by molar-refractivity contribution is 0.0690. The first-order valence-electron chi connectivity index (χ1n) is 4.51. The molecule has 0 radical (unpaired) electrons. The number of nitrogens with zero attached hydrogens (tertiary/aromatic N) is 3. The van der Waals surface area contributed by atoms with Crippen LogP contribution >= 0.6 is 0 Å². The normalized spacial score (nSPS) is 10.8. The second-order valence-corrected chi connectivity index (χ2v) is 2.98. The van der Waals surface area contributed by atoms with E-state index in [0.29, 0.717) is 5.69 Å². The fourth-order valence-electron chi connectivity index (χ4n) is 1.08. The summed E-state index contributed by atoms with van der Waals surface area (Å²) < 4.78 is 0. The summed E-state index contributed by atoms with van der Waals surface area (Å²) in [6, 6.07) is 10.4. The van der Waals surface area contributed by atoms with Crippen LogP contribution in [0.4, 0.5) is 11.5 Å². The number of nitrogens with one attached hydrogen (secondary N) is 1. The van der Waals surface area contributed by atoms with E-state index in [9.17, 15) is 4.79 Å². The number of rotatable bonds is 3. The van der Waals surface area contributed by atoms with Gasteiger partial charge in [-0.3, -0.25) is 5.10 Å². The quantitative estimate of drug-likeness (QED) is 0.772. The van der Waals surface area contributed by atoms with E-state index in [-0.39, 0.29) is 11.5 Å². The van der Waals surface area contributed by atoms with Crippen LogP contribution in [0.25, 0.3) is 0 Å². The Morgan fingerprint density at radius 3 is 2.62 bits per heavy atom. The zero-order valence-electron chi connectivity index (χ0n) is 8.16. The van der Waals surface area contributed by atoms with Crippen molar-refractivity contribution in [1.82, 2.24) is 10.2 Å². The molecule has 0 fully saturated rings. The van der Waals surface area contributed by atoms with Crippen LogP contribution in [0.5, 0.6) is 0 Å². The first-order valence-corrected chi connectivity index (χ1v) is 4.51. The summed E-state index contributed by atoms with van der Waals surface area (Å²) in [7, 11) is 0. The van der Waals surface area contributed by atoms with Crippen LogP contribution in [-0.4, -0.2) is 21.3 Å². The Hall–Kier alpha value is -2.50. The first kappa shape index (κ1) is 10.0. The van der Waals surface area contributed by atoms with Crippen molar-refractivity contribution in [2.45, 2.75) is 0 Å². The van der Waals surface area contributed by atoms with E-state index in [1.54, 1.807) is 12.1 Å². The minimum Gasteiger partial charge on any atom is -0.477 e. The van der Waals surface area contributed by atoms with E-state index in [1.807, 2.05) is 18.2 Å². The van der Waals surface area contributed by atoms with Crippen molar-refractivity contribution in [3.63, 3.8) is 0 Å². The van der Waals surface area contributed by atoms with Crippen LogP contribution in [0.1, 0.15) is 10.5 Å². The number of aromatic amines is 1. The molecule has 16 heavy (non-hydrogen) atoms. The Labute approximate surface area is 90.7 Å².